The topological polar surface area (TPSA) is 80.0 Å². The molecule has 98 valence electrons. The Labute approximate surface area is 108 Å². The number of carboxylic acids is 1. The van der Waals surface area contributed by atoms with Crippen molar-refractivity contribution in [3.05, 3.63) is 23.1 Å². The van der Waals surface area contributed by atoms with Crippen LogP contribution in [0, 0.1) is 0 Å². The van der Waals surface area contributed by atoms with Gasteiger partial charge in [0.25, 0.3) is 5.91 Å². The smallest absolute Gasteiger partial charge is 0.305 e. The van der Waals surface area contributed by atoms with Crippen LogP contribution < -0.4 is 0 Å². The van der Waals surface area contributed by atoms with Crippen molar-refractivity contribution in [1.82, 2.24) is 4.90 Å². The van der Waals surface area contributed by atoms with E-state index >= 15 is 0 Å². The Morgan fingerprint density at radius 1 is 1.56 bits per heavy atom. The minimum absolute atomic E-state index is 0.0144. The molecule has 0 aromatic carbocycles. The Hall–Kier alpha value is -1.53. The summed E-state index contributed by atoms with van der Waals surface area (Å²) in [5.74, 6) is -1.30. The molecular weight excluding hydrogens is 262 g/mol. The van der Waals surface area contributed by atoms with E-state index in [9.17, 15) is 9.59 Å². The van der Waals surface area contributed by atoms with Crippen LogP contribution in [0.4, 0.5) is 0 Å². The largest absolute Gasteiger partial charge is 0.481 e. The number of carboxylic acid groups (broad SMARTS) is 1. The number of carbonyl (C=O) groups excluding carboxylic acids is 1. The van der Waals surface area contributed by atoms with Gasteiger partial charge in [-0.25, -0.2) is 0 Å². The second-order valence-corrected chi connectivity index (χ2v) is 4.28. The molecule has 2 heterocycles. The first-order valence-corrected chi connectivity index (χ1v) is 5.81. The minimum Gasteiger partial charge on any atom is -0.481 e. The number of amides is 1. The number of nitrogens with zero attached hydrogens (tertiary/aromatic N) is 1. The molecule has 0 radical (unpaired) electrons. The summed E-state index contributed by atoms with van der Waals surface area (Å²) >= 11 is 5.75. The minimum atomic E-state index is -0.971. The summed E-state index contributed by atoms with van der Waals surface area (Å²) in [6.45, 7) is 0.948. The fourth-order valence-electron chi connectivity index (χ4n) is 1.89. The highest BCUT2D eigenvalue weighted by Crippen LogP contribution is 2.21. The summed E-state index contributed by atoms with van der Waals surface area (Å²) < 4.78 is 10.1. The van der Waals surface area contributed by atoms with Crippen LogP contribution in [0.25, 0.3) is 0 Å². The standard InChI is InChI=1S/C11H12ClNO5/c12-10-8(1-3-18-10)11(16)13-2-4-17-6-7(13)5-9(14)15/h1,3,7H,2,4-6H2,(H,14,15). The molecule has 1 atom stereocenters. The van der Waals surface area contributed by atoms with Crippen molar-refractivity contribution in [3.63, 3.8) is 0 Å². The third-order valence-corrected chi connectivity index (χ3v) is 3.04. The molecule has 1 fully saturated rings. The first kappa shape index (κ1) is 12.9. The van der Waals surface area contributed by atoms with Gasteiger partial charge in [0.2, 0.25) is 5.22 Å². The van der Waals surface area contributed by atoms with E-state index in [1.165, 1.54) is 17.2 Å². The number of morpholine rings is 1. The molecule has 0 spiro atoms. The van der Waals surface area contributed by atoms with Gasteiger partial charge in [-0.05, 0) is 17.7 Å². The molecule has 1 aromatic rings. The molecule has 1 aliphatic heterocycles. The van der Waals surface area contributed by atoms with E-state index in [4.69, 9.17) is 25.9 Å². The molecule has 0 bridgehead atoms. The number of halogens is 1. The second kappa shape index (κ2) is 5.41. The molecule has 1 N–H and O–H groups in total. The van der Waals surface area contributed by atoms with E-state index in [0.717, 1.165) is 0 Å². The van der Waals surface area contributed by atoms with Gasteiger partial charge >= 0.3 is 5.97 Å². The lowest BCUT2D eigenvalue weighted by Crippen LogP contribution is -2.49. The van der Waals surface area contributed by atoms with Gasteiger partial charge in [-0.3, -0.25) is 9.59 Å². The molecule has 0 aliphatic carbocycles. The number of hydrogen-bond donors (Lipinski definition) is 1. The molecule has 7 heteroatoms. The van der Waals surface area contributed by atoms with Gasteiger partial charge in [0.1, 0.15) is 0 Å². The summed E-state index contributed by atoms with van der Waals surface area (Å²) in [6, 6.07) is 0.993. The molecule has 1 aliphatic rings. The maximum Gasteiger partial charge on any atom is 0.305 e. The van der Waals surface area contributed by atoms with Crippen molar-refractivity contribution in [2.24, 2.45) is 0 Å². The molecule has 1 saturated heterocycles. The number of hydrogen-bond acceptors (Lipinski definition) is 4. The third kappa shape index (κ3) is 2.65. The quantitative estimate of drug-likeness (QED) is 0.896. The SMILES string of the molecule is O=C(O)CC1COCCN1C(=O)c1ccoc1Cl. The first-order valence-electron chi connectivity index (χ1n) is 5.43. The van der Waals surface area contributed by atoms with Gasteiger partial charge in [-0.15, -0.1) is 0 Å². The van der Waals surface area contributed by atoms with Gasteiger partial charge in [0.05, 0.1) is 37.5 Å². The van der Waals surface area contributed by atoms with Crippen molar-refractivity contribution in [1.29, 1.82) is 0 Å². The van der Waals surface area contributed by atoms with Crippen molar-refractivity contribution in [3.8, 4) is 0 Å². The predicted octanol–water partition coefficient (Wildman–Crippen LogP) is 1.25. The Morgan fingerprint density at radius 2 is 2.33 bits per heavy atom. The molecule has 1 amide bonds. The van der Waals surface area contributed by atoms with Crippen LogP contribution in [0.3, 0.4) is 0 Å². The highest BCUT2D eigenvalue weighted by Gasteiger charge is 2.31. The Bertz CT molecular complexity index is 458. The van der Waals surface area contributed by atoms with Gasteiger partial charge in [-0.2, -0.15) is 0 Å². The summed E-state index contributed by atoms with van der Waals surface area (Å²) in [6.07, 6.45) is 1.17. The number of carbonyl (C=O) groups is 2. The Balaban J connectivity index is 2.16. The zero-order valence-corrected chi connectivity index (χ0v) is 10.2. The number of aliphatic carboxylic acids is 1. The van der Waals surface area contributed by atoms with Gasteiger partial charge < -0.3 is 19.2 Å². The van der Waals surface area contributed by atoms with Crippen LogP contribution in [0.1, 0.15) is 16.8 Å². The lowest BCUT2D eigenvalue weighted by molar-refractivity contribution is -0.139. The molecule has 18 heavy (non-hydrogen) atoms. The Morgan fingerprint density at radius 3 is 2.94 bits per heavy atom. The monoisotopic (exact) mass is 273 g/mol. The van der Waals surface area contributed by atoms with Crippen molar-refractivity contribution < 1.29 is 23.8 Å². The summed E-state index contributed by atoms with van der Waals surface area (Å²) in [7, 11) is 0. The van der Waals surface area contributed by atoms with E-state index in [1.807, 2.05) is 0 Å². The van der Waals surface area contributed by atoms with Crippen molar-refractivity contribution >= 4 is 23.5 Å². The molecular formula is C11H12ClNO5. The normalized spacial score (nSPS) is 19.8. The van der Waals surface area contributed by atoms with E-state index in [1.54, 1.807) is 0 Å². The fourth-order valence-corrected chi connectivity index (χ4v) is 2.09. The number of furan rings is 1. The van der Waals surface area contributed by atoms with Crippen LogP contribution in [0.5, 0.6) is 0 Å². The molecule has 0 saturated carbocycles. The highest BCUT2D eigenvalue weighted by molar-refractivity contribution is 6.32. The van der Waals surface area contributed by atoms with Crippen LogP contribution >= 0.6 is 11.6 Å². The zero-order chi connectivity index (χ0) is 13.1. The first-order chi connectivity index (χ1) is 8.59. The van der Waals surface area contributed by atoms with E-state index in [0.29, 0.717) is 13.2 Å². The molecule has 2 rings (SSSR count). The average Bonchev–Trinajstić information content (AvgIpc) is 2.74. The zero-order valence-electron chi connectivity index (χ0n) is 9.47. The summed E-state index contributed by atoms with van der Waals surface area (Å²) in [4.78, 5) is 24.4. The summed E-state index contributed by atoms with van der Waals surface area (Å²) in [5, 5.41) is 8.83. The maximum absolute atomic E-state index is 12.2. The fraction of sp³-hybridized carbons (Fsp3) is 0.455. The van der Waals surface area contributed by atoms with Crippen LogP contribution in [0.15, 0.2) is 16.7 Å². The lowest BCUT2D eigenvalue weighted by Gasteiger charge is -2.34. The Kier molecular flexibility index (Phi) is 3.88. The van der Waals surface area contributed by atoms with E-state index in [2.05, 4.69) is 0 Å². The van der Waals surface area contributed by atoms with Gasteiger partial charge in [-0.1, -0.05) is 0 Å². The highest BCUT2D eigenvalue weighted by atomic mass is 35.5. The molecule has 1 unspecified atom stereocenters. The second-order valence-electron chi connectivity index (χ2n) is 3.93. The number of ether oxygens (including phenoxy) is 1. The van der Waals surface area contributed by atoms with Crippen molar-refractivity contribution in [2.75, 3.05) is 19.8 Å². The van der Waals surface area contributed by atoms with E-state index in [-0.39, 0.29) is 29.7 Å². The summed E-state index contributed by atoms with van der Waals surface area (Å²) in [5.41, 5.74) is 0.244. The van der Waals surface area contributed by atoms with Gasteiger partial charge in [0, 0.05) is 6.54 Å². The predicted molar refractivity (Wildman–Crippen MR) is 61.6 cm³/mol. The van der Waals surface area contributed by atoms with E-state index < -0.39 is 12.0 Å². The van der Waals surface area contributed by atoms with Crippen LogP contribution in [-0.4, -0.2) is 47.7 Å². The van der Waals surface area contributed by atoms with Gasteiger partial charge in [0.15, 0.2) is 0 Å². The lowest BCUT2D eigenvalue weighted by atomic mass is 10.1. The van der Waals surface area contributed by atoms with Crippen molar-refractivity contribution in [2.45, 2.75) is 12.5 Å². The molecule has 6 nitrogen and oxygen atoms in total. The average molecular weight is 274 g/mol. The third-order valence-electron chi connectivity index (χ3n) is 2.75. The maximum atomic E-state index is 12.2. The number of rotatable bonds is 3. The van der Waals surface area contributed by atoms with Crippen LogP contribution in [0.2, 0.25) is 5.22 Å². The molecule has 1 aromatic heterocycles. The van der Waals surface area contributed by atoms with Crippen LogP contribution in [-0.2, 0) is 9.53 Å².